The highest BCUT2D eigenvalue weighted by Gasteiger charge is 2.51. The zero-order valence-electron chi connectivity index (χ0n) is 17.2. The second-order valence-electron chi connectivity index (χ2n) is 8.49. The Kier molecular flexibility index (Phi) is 10.1. The highest BCUT2D eigenvalue weighted by atomic mass is 16.7. The SMILES string of the molecule is CCCCCC(O)CCC1C(CCCCCCC(=O)O)CCC12OCCO2. The molecule has 0 aromatic heterocycles. The summed E-state index contributed by atoms with van der Waals surface area (Å²) in [6.07, 6.45) is 13.6. The predicted octanol–water partition coefficient (Wildman–Crippen LogP) is 4.90. The molecular weight excluding hydrogens is 344 g/mol. The van der Waals surface area contributed by atoms with Gasteiger partial charge in [-0.1, -0.05) is 45.4 Å². The maximum absolute atomic E-state index is 10.6. The van der Waals surface area contributed by atoms with E-state index in [-0.39, 0.29) is 12.5 Å². The molecule has 3 atom stereocenters. The van der Waals surface area contributed by atoms with Gasteiger partial charge in [-0.15, -0.1) is 0 Å². The molecule has 158 valence electrons. The first kappa shape index (κ1) is 22.6. The average Bonchev–Trinajstić information content (AvgIpc) is 3.24. The smallest absolute Gasteiger partial charge is 0.303 e. The number of aliphatic carboxylic acids is 1. The highest BCUT2D eigenvalue weighted by Crippen LogP contribution is 2.50. The van der Waals surface area contributed by atoms with Crippen LogP contribution >= 0.6 is 0 Å². The molecule has 5 heteroatoms. The lowest BCUT2D eigenvalue weighted by Crippen LogP contribution is -2.37. The standard InChI is InChI=1S/C22H40O5/c1-2-3-6-10-19(23)12-13-20-18(9-7-4-5-8-11-21(24)25)14-15-22(20)26-16-17-27-22/h18-20,23H,2-17H2,1H3,(H,24,25). The summed E-state index contributed by atoms with van der Waals surface area (Å²) in [5, 5.41) is 19.1. The number of aliphatic hydroxyl groups excluding tert-OH is 1. The van der Waals surface area contributed by atoms with Gasteiger partial charge in [-0.25, -0.2) is 0 Å². The molecule has 0 bridgehead atoms. The number of ether oxygens (including phenoxy) is 2. The third kappa shape index (κ3) is 7.35. The van der Waals surface area contributed by atoms with Gasteiger partial charge in [-0.05, 0) is 44.4 Å². The summed E-state index contributed by atoms with van der Waals surface area (Å²) in [6, 6.07) is 0. The molecule has 2 rings (SSSR count). The van der Waals surface area contributed by atoms with Crippen molar-refractivity contribution in [2.24, 2.45) is 11.8 Å². The van der Waals surface area contributed by atoms with Gasteiger partial charge in [-0.3, -0.25) is 4.79 Å². The van der Waals surface area contributed by atoms with Crippen molar-refractivity contribution in [3.05, 3.63) is 0 Å². The van der Waals surface area contributed by atoms with Crippen molar-refractivity contribution < 1.29 is 24.5 Å². The fourth-order valence-electron chi connectivity index (χ4n) is 4.94. The molecule has 1 aliphatic heterocycles. The van der Waals surface area contributed by atoms with Gasteiger partial charge in [0.05, 0.1) is 19.3 Å². The molecular formula is C22H40O5. The van der Waals surface area contributed by atoms with Crippen LogP contribution in [0.15, 0.2) is 0 Å². The van der Waals surface area contributed by atoms with Crippen LogP contribution in [-0.4, -0.2) is 41.3 Å². The predicted molar refractivity (Wildman–Crippen MR) is 106 cm³/mol. The summed E-state index contributed by atoms with van der Waals surface area (Å²) < 4.78 is 12.2. The van der Waals surface area contributed by atoms with E-state index in [0.29, 0.717) is 25.0 Å². The van der Waals surface area contributed by atoms with Crippen LogP contribution in [0.1, 0.15) is 96.8 Å². The summed E-state index contributed by atoms with van der Waals surface area (Å²) in [7, 11) is 0. The Hall–Kier alpha value is -0.650. The van der Waals surface area contributed by atoms with E-state index < -0.39 is 11.8 Å². The quantitative estimate of drug-likeness (QED) is 0.417. The Bertz CT molecular complexity index is 419. The van der Waals surface area contributed by atoms with Crippen molar-refractivity contribution in [1.82, 2.24) is 0 Å². The minimum absolute atomic E-state index is 0.202. The largest absolute Gasteiger partial charge is 0.481 e. The minimum atomic E-state index is -0.694. The molecule has 0 aromatic rings. The van der Waals surface area contributed by atoms with Gasteiger partial charge >= 0.3 is 5.97 Å². The first-order chi connectivity index (χ1) is 13.1. The molecule has 1 saturated carbocycles. The van der Waals surface area contributed by atoms with Crippen LogP contribution in [0.4, 0.5) is 0 Å². The van der Waals surface area contributed by atoms with Gasteiger partial charge in [0.15, 0.2) is 5.79 Å². The minimum Gasteiger partial charge on any atom is -0.481 e. The van der Waals surface area contributed by atoms with Crippen LogP contribution < -0.4 is 0 Å². The maximum Gasteiger partial charge on any atom is 0.303 e. The third-order valence-electron chi connectivity index (χ3n) is 6.44. The van der Waals surface area contributed by atoms with Gasteiger partial charge in [-0.2, -0.15) is 0 Å². The molecule has 1 aliphatic carbocycles. The summed E-state index contributed by atoms with van der Waals surface area (Å²) in [6.45, 7) is 3.57. The second-order valence-corrected chi connectivity index (χ2v) is 8.49. The van der Waals surface area contributed by atoms with Gasteiger partial charge in [0.1, 0.15) is 0 Å². The van der Waals surface area contributed by atoms with Crippen molar-refractivity contribution in [3.63, 3.8) is 0 Å². The number of carboxylic acid groups (broad SMARTS) is 1. The van der Waals surface area contributed by atoms with E-state index in [1.165, 1.54) is 12.8 Å². The molecule has 5 nitrogen and oxygen atoms in total. The van der Waals surface area contributed by atoms with Crippen molar-refractivity contribution in [2.45, 2.75) is 109 Å². The average molecular weight is 385 g/mol. The number of unbranched alkanes of at least 4 members (excludes halogenated alkanes) is 5. The first-order valence-corrected chi connectivity index (χ1v) is 11.2. The first-order valence-electron chi connectivity index (χ1n) is 11.2. The molecule has 3 unspecified atom stereocenters. The monoisotopic (exact) mass is 384 g/mol. The molecule has 2 aliphatic rings. The van der Waals surface area contributed by atoms with Crippen molar-refractivity contribution >= 4 is 5.97 Å². The van der Waals surface area contributed by atoms with Gasteiger partial charge in [0.25, 0.3) is 0 Å². The highest BCUT2D eigenvalue weighted by molar-refractivity contribution is 5.66. The topological polar surface area (TPSA) is 76.0 Å². The Morgan fingerprint density at radius 2 is 1.78 bits per heavy atom. The fourth-order valence-corrected chi connectivity index (χ4v) is 4.94. The number of hydrogen-bond acceptors (Lipinski definition) is 4. The molecule has 2 fully saturated rings. The lowest BCUT2D eigenvalue weighted by molar-refractivity contribution is -0.189. The maximum atomic E-state index is 10.6. The van der Waals surface area contributed by atoms with Crippen LogP contribution in [0.3, 0.4) is 0 Å². The van der Waals surface area contributed by atoms with E-state index in [0.717, 1.165) is 70.6 Å². The van der Waals surface area contributed by atoms with Gasteiger partial charge in [0.2, 0.25) is 0 Å². The summed E-state index contributed by atoms with van der Waals surface area (Å²) in [5.41, 5.74) is 0. The molecule has 1 saturated heterocycles. The second kappa shape index (κ2) is 12.0. The van der Waals surface area contributed by atoms with Crippen LogP contribution in [0.5, 0.6) is 0 Å². The molecule has 0 radical (unpaired) electrons. The van der Waals surface area contributed by atoms with E-state index in [2.05, 4.69) is 6.92 Å². The van der Waals surface area contributed by atoms with E-state index in [9.17, 15) is 9.90 Å². The van der Waals surface area contributed by atoms with E-state index >= 15 is 0 Å². The summed E-state index contributed by atoms with van der Waals surface area (Å²) in [4.78, 5) is 10.6. The van der Waals surface area contributed by atoms with Crippen molar-refractivity contribution in [1.29, 1.82) is 0 Å². The third-order valence-corrected chi connectivity index (χ3v) is 6.44. The number of aliphatic hydroxyl groups is 1. The van der Waals surface area contributed by atoms with E-state index in [4.69, 9.17) is 14.6 Å². The van der Waals surface area contributed by atoms with Gasteiger partial charge < -0.3 is 19.7 Å². The van der Waals surface area contributed by atoms with Gasteiger partial charge in [0, 0.05) is 18.8 Å². The zero-order chi connectivity index (χ0) is 19.5. The number of hydrogen-bond donors (Lipinski definition) is 2. The molecule has 1 heterocycles. The van der Waals surface area contributed by atoms with Crippen LogP contribution in [0.2, 0.25) is 0 Å². The Morgan fingerprint density at radius 3 is 2.48 bits per heavy atom. The van der Waals surface area contributed by atoms with Crippen LogP contribution in [0.25, 0.3) is 0 Å². The summed E-state index contributed by atoms with van der Waals surface area (Å²) >= 11 is 0. The van der Waals surface area contributed by atoms with Crippen LogP contribution in [0, 0.1) is 11.8 Å². The van der Waals surface area contributed by atoms with E-state index in [1.807, 2.05) is 0 Å². The molecule has 27 heavy (non-hydrogen) atoms. The molecule has 0 amide bonds. The number of carbonyl (C=O) groups is 1. The fraction of sp³-hybridized carbons (Fsp3) is 0.955. The molecule has 0 aromatic carbocycles. The number of rotatable bonds is 14. The van der Waals surface area contributed by atoms with Crippen molar-refractivity contribution in [3.8, 4) is 0 Å². The lowest BCUT2D eigenvalue weighted by atomic mass is 9.84. The Labute approximate surface area is 164 Å². The van der Waals surface area contributed by atoms with Crippen molar-refractivity contribution in [2.75, 3.05) is 13.2 Å². The zero-order valence-corrected chi connectivity index (χ0v) is 17.2. The number of carboxylic acids is 1. The molecule has 2 N–H and O–H groups in total. The Morgan fingerprint density at radius 1 is 1.04 bits per heavy atom. The summed E-state index contributed by atoms with van der Waals surface area (Å²) in [5.74, 6) is -0.0945. The van der Waals surface area contributed by atoms with Crippen LogP contribution in [-0.2, 0) is 14.3 Å². The molecule has 1 spiro atoms. The lowest BCUT2D eigenvalue weighted by Gasteiger charge is -2.33. The van der Waals surface area contributed by atoms with E-state index in [1.54, 1.807) is 0 Å². The Balaban J connectivity index is 1.76. The normalized spacial score (nSPS) is 25.3.